The minimum absolute atomic E-state index is 0.423. The van der Waals surface area contributed by atoms with Gasteiger partial charge in [-0.2, -0.15) is 5.10 Å². The summed E-state index contributed by atoms with van der Waals surface area (Å²) >= 11 is 1.76. The van der Waals surface area contributed by atoms with Gasteiger partial charge in [0, 0.05) is 42.2 Å². The van der Waals surface area contributed by atoms with Gasteiger partial charge in [-0.1, -0.05) is 6.92 Å². The van der Waals surface area contributed by atoms with Crippen LogP contribution in [-0.2, 0) is 19.4 Å². The second kappa shape index (κ2) is 6.99. The van der Waals surface area contributed by atoms with Gasteiger partial charge in [0.25, 0.3) is 0 Å². The Morgan fingerprint density at radius 2 is 2.05 bits per heavy atom. The number of aromatic nitrogens is 3. The molecule has 0 saturated carbocycles. The van der Waals surface area contributed by atoms with E-state index in [9.17, 15) is 0 Å². The smallest absolute Gasteiger partial charge is 0.0943 e. The summed E-state index contributed by atoms with van der Waals surface area (Å²) in [5, 5.41) is 11.4. The molecule has 0 bridgehead atoms. The molecule has 5 heteroatoms. The van der Waals surface area contributed by atoms with Gasteiger partial charge < -0.3 is 5.32 Å². The molecule has 2 aromatic heterocycles. The van der Waals surface area contributed by atoms with Crippen LogP contribution in [0.3, 0.4) is 0 Å². The van der Waals surface area contributed by atoms with Crippen LogP contribution in [0.4, 0.5) is 0 Å². The monoisotopic (exact) mass is 292 g/mol. The molecule has 0 radical (unpaired) electrons. The SMILES string of the molecule is CCNC(Cc1nc(C)cs1)Cc1cc(C)nn1CC. The molecule has 0 saturated heterocycles. The van der Waals surface area contributed by atoms with Crippen LogP contribution in [-0.4, -0.2) is 27.4 Å². The van der Waals surface area contributed by atoms with Gasteiger partial charge in [0.2, 0.25) is 0 Å². The predicted octanol–water partition coefficient (Wildman–Crippen LogP) is 2.74. The Morgan fingerprint density at radius 3 is 2.65 bits per heavy atom. The van der Waals surface area contributed by atoms with Crippen LogP contribution in [0.25, 0.3) is 0 Å². The van der Waals surface area contributed by atoms with Crippen LogP contribution in [0.15, 0.2) is 11.4 Å². The molecule has 0 aliphatic carbocycles. The Balaban J connectivity index is 2.08. The van der Waals surface area contributed by atoms with E-state index in [1.165, 1.54) is 10.7 Å². The average molecular weight is 292 g/mol. The van der Waals surface area contributed by atoms with Gasteiger partial charge in [-0.05, 0) is 33.4 Å². The minimum atomic E-state index is 0.423. The van der Waals surface area contributed by atoms with Gasteiger partial charge in [-0.15, -0.1) is 11.3 Å². The van der Waals surface area contributed by atoms with Crippen LogP contribution in [0.5, 0.6) is 0 Å². The van der Waals surface area contributed by atoms with Crippen molar-refractivity contribution in [3.8, 4) is 0 Å². The van der Waals surface area contributed by atoms with Crippen molar-refractivity contribution >= 4 is 11.3 Å². The van der Waals surface area contributed by atoms with Crippen molar-refractivity contribution in [3.63, 3.8) is 0 Å². The maximum Gasteiger partial charge on any atom is 0.0943 e. The second-order valence-corrected chi connectivity index (χ2v) is 6.08. The second-order valence-electron chi connectivity index (χ2n) is 5.14. The summed E-state index contributed by atoms with van der Waals surface area (Å²) in [5.41, 5.74) is 3.53. The lowest BCUT2D eigenvalue weighted by Gasteiger charge is -2.17. The quantitative estimate of drug-likeness (QED) is 0.853. The molecule has 0 aromatic carbocycles. The molecule has 20 heavy (non-hydrogen) atoms. The molecule has 2 heterocycles. The lowest BCUT2D eigenvalue weighted by Crippen LogP contribution is -2.33. The largest absolute Gasteiger partial charge is 0.313 e. The third-order valence-corrected chi connectivity index (χ3v) is 4.31. The molecule has 0 fully saturated rings. The van der Waals surface area contributed by atoms with Crippen LogP contribution < -0.4 is 5.32 Å². The normalized spacial score (nSPS) is 12.8. The zero-order chi connectivity index (χ0) is 14.5. The molecular formula is C15H24N4S. The molecule has 0 aliphatic rings. The maximum absolute atomic E-state index is 4.58. The van der Waals surface area contributed by atoms with Crippen molar-refractivity contribution in [2.75, 3.05) is 6.54 Å². The topological polar surface area (TPSA) is 42.7 Å². The fourth-order valence-corrected chi connectivity index (χ4v) is 3.36. The van der Waals surface area contributed by atoms with E-state index >= 15 is 0 Å². The molecule has 1 unspecified atom stereocenters. The van der Waals surface area contributed by atoms with E-state index in [4.69, 9.17) is 0 Å². The third-order valence-electron chi connectivity index (χ3n) is 3.32. The zero-order valence-electron chi connectivity index (χ0n) is 12.8. The Hall–Kier alpha value is -1.20. The van der Waals surface area contributed by atoms with Crippen LogP contribution in [0.1, 0.15) is 35.9 Å². The first kappa shape index (κ1) is 15.2. The van der Waals surface area contributed by atoms with Crippen LogP contribution >= 0.6 is 11.3 Å². The number of aryl methyl sites for hydroxylation is 3. The van der Waals surface area contributed by atoms with Gasteiger partial charge in [-0.3, -0.25) is 4.68 Å². The highest BCUT2D eigenvalue weighted by Gasteiger charge is 2.14. The van der Waals surface area contributed by atoms with Crippen molar-refractivity contribution in [2.24, 2.45) is 0 Å². The molecule has 2 aromatic rings. The molecule has 4 nitrogen and oxygen atoms in total. The average Bonchev–Trinajstić information content (AvgIpc) is 2.96. The van der Waals surface area contributed by atoms with E-state index in [0.717, 1.165) is 37.3 Å². The van der Waals surface area contributed by atoms with E-state index in [1.807, 2.05) is 0 Å². The summed E-state index contributed by atoms with van der Waals surface area (Å²) in [6.07, 6.45) is 1.99. The molecular weight excluding hydrogens is 268 g/mol. The van der Waals surface area contributed by atoms with E-state index in [1.54, 1.807) is 11.3 Å². The lowest BCUT2D eigenvalue weighted by molar-refractivity contribution is 0.495. The summed E-state index contributed by atoms with van der Waals surface area (Å²) in [6, 6.07) is 2.62. The first-order chi connectivity index (χ1) is 9.62. The molecule has 110 valence electrons. The Labute approximate surface area is 125 Å². The predicted molar refractivity (Wildman–Crippen MR) is 84.4 cm³/mol. The van der Waals surface area contributed by atoms with Gasteiger partial charge >= 0.3 is 0 Å². The van der Waals surface area contributed by atoms with Crippen LogP contribution in [0.2, 0.25) is 0 Å². The van der Waals surface area contributed by atoms with Crippen molar-refractivity contribution in [1.82, 2.24) is 20.1 Å². The molecule has 2 rings (SSSR count). The number of thiazole rings is 1. The summed E-state index contributed by atoms with van der Waals surface area (Å²) in [7, 11) is 0. The first-order valence-corrected chi connectivity index (χ1v) is 8.18. The highest BCUT2D eigenvalue weighted by atomic mass is 32.1. The summed E-state index contributed by atoms with van der Waals surface area (Å²) in [4.78, 5) is 4.58. The lowest BCUT2D eigenvalue weighted by atomic mass is 10.1. The highest BCUT2D eigenvalue weighted by Crippen LogP contribution is 2.14. The zero-order valence-corrected chi connectivity index (χ0v) is 13.6. The van der Waals surface area contributed by atoms with Crippen molar-refractivity contribution < 1.29 is 0 Å². The molecule has 0 spiro atoms. The van der Waals surface area contributed by atoms with E-state index in [2.05, 4.69) is 59.2 Å². The Kier molecular flexibility index (Phi) is 5.31. The Bertz CT molecular complexity index is 544. The van der Waals surface area contributed by atoms with Crippen molar-refractivity contribution in [2.45, 2.75) is 53.1 Å². The fourth-order valence-electron chi connectivity index (χ4n) is 2.50. The summed E-state index contributed by atoms with van der Waals surface area (Å²) in [6.45, 7) is 10.3. The first-order valence-electron chi connectivity index (χ1n) is 7.30. The summed E-state index contributed by atoms with van der Waals surface area (Å²) in [5.74, 6) is 0. The summed E-state index contributed by atoms with van der Waals surface area (Å²) < 4.78 is 2.10. The van der Waals surface area contributed by atoms with Crippen molar-refractivity contribution in [3.05, 3.63) is 33.5 Å². The number of likely N-dealkylation sites (N-methyl/N-ethyl adjacent to an activating group) is 1. The minimum Gasteiger partial charge on any atom is -0.313 e. The molecule has 0 aliphatic heterocycles. The fraction of sp³-hybridized carbons (Fsp3) is 0.600. The van der Waals surface area contributed by atoms with Gasteiger partial charge in [0.1, 0.15) is 0 Å². The number of rotatable bonds is 7. The van der Waals surface area contributed by atoms with E-state index < -0.39 is 0 Å². The van der Waals surface area contributed by atoms with Crippen molar-refractivity contribution in [1.29, 1.82) is 0 Å². The number of nitrogens with zero attached hydrogens (tertiary/aromatic N) is 3. The molecule has 0 amide bonds. The maximum atomic E-state index is 4.58. The number of hydrogen-bond donors (Lipinski definition) is 1. The van der Waals surface area contributed by atoms with Crippen LogP contribution in [0, 0.1) is 13.8 Å². The van der Waals surface area contributed by atoms with E-state index in [0.29, 0.717) is 6.04 Å². The molecule has 1 atom stereocenters. The Morgan fingerprint density at radius 1 is 1.25 bits per heavy atom. The standard InChI is InChI=1S/C15H24N4S/c1-5-16-13(9-15-17-12(4)10-20-15)8-14-7-11(3)18-19(14)6-2/h7,10,13,16H,5-6,8-9H2,1-4H3. The van der Waals surface area contributed by atoms with E-state index in [-0.39, 0.29) is 0 Å². The van der Waals surface area contributed by atoms with Gasteiger partial charge in [-0.25, -0.2) is 4.98 Å². The third kappa shape index (κ3) is 3.90. The number of nitrogens with one attached hydrogen (secondary N) is 1. The van der Waals surface area contributed by atoms with Gasteiger partial charge in [0.05, 0.1) is 10.7 Å². The van der Waals surface area contributed by atoms with Gasteiger partial charge in [0.15, 0.2) is 0 Å². The molecule has 1 N–H and O–H groups in total. The highest BCUT2D eigenvalue weighted by molar-refractivity contribution is 7.09. The number of hydrogen-bond acceptors (Lipinski definition) is 4.